The number of anilines is 1. The molecule has 0 atom stereocenters. The van der Waals surface area contributed by atoms with Crippen LogP contribution in [0, 0.1) is 10.1 Å². The molecule has 0 spiro atoms. The molecule has 7 nitrogen and oxygen atoms in total. The van der Waals surface area contributed by atoms with Gasteiger partial charge in [0.05, 0.1) is 17.0 Å². The van der Waals surface area contributed by atoms with Gasteiger partial charge in [0.1, 0.15) is 12.0 Å². The number of nitrogens with zero attached hydrogens (tertiary/aromatic N) is 2. The van der Waals surface area contributed by atoms with Crippen molar-refractivity contribution < 1.29 is 9.72 Å². The lowest BCUT2D eigenvalue weighted by Gasteiger charge is -2.08. The Kier molecular flexibility index (Phi) is 4.86. The van der Waals surface area contributed by atoms with Crippen LogP contribution >= 0.6 is 27.3 Å². The van der Waals surface area contributed by atoms with Gasteiger partial charge in [-0.1, -0.05) is 0 Å². The van der Waals surface area contributed by atoms with Crippen LogP contribution in [-0.4, -0.2) is 22.9 Å². The third-order valence-electron chi connectivity index (χ3n) is 2.61. The van der Waals surface area contributed by atoms with Gasteiger partial charge in [0.2, 0.25) is 0 Å². The van der Waals surface area contributed by atoms with Crippen molar-refractivity contribution in [3.63, 3.8) is 0 Å². The topological polar surface area (TPSA) is 97.2 Å². The van der Waals surface area contributed by atoms with Gasteiger partial charge in [-0.25, -0.2) is 4.98 Å². The van der Waals surface area contributed by atoms with E-state index < -0.39 is 10.8 Å². The zero-order valence-electron chi connectivity index (χ0n) is 10.9. The average molecular weight is 371 g/mol. The van der Waals surface area contributed by atoms with Crippen LogP contribution in [0.1, 0.15) is 15.2 Å². The predicted molar refractivity (Wildman–Crippen MR) is 83.6 cm³/mol. The Balaban J connectivity index is 2.17. The fourth-order valence-electron chi connectivity index (χ4n) is 1.64. The standard InChI is InChI=1S/C12H11BrN4O3S/c1-14-11-10(3-8(4-15-11)17(19)20)12(18)16-5-9-2-7(13)6-21-9/h2-4,6H,5H2,1H3,(H,14,15)(H,16,18). The summed E-state index contributed by atoms with van der Waals surface area (Å²) in [7, 11) is 1.60. The fraction of sp³-hybridized carbons (Fsp3) is 0.167. The monoisotopic (exact) mass is 370 g/mol. The highest BCUT2D eigenvalue weighted by Crippen LogP contribution is 2.21. The first kappa shape index (κ1) is 15.4. The number of hydrogen-bond donors (Lipinski definition) is 2. The van der Waals surface area contributed by atoms with Crippen molar-refractivity contribution in [3.8, 4) is 0 Å². The highest BCUT2D eigenvalue weighted by Gasteiger charge is 2.17. The lowest BCUT2D eigenvalue weighted by molar-refractivity contribution is -0.385. The van der Waals surface area contributed by atoms with Crippen molar-refractivity contribution in [2.75, 3.05) is 12.4 Å². The fourth-order valence-corrected chi connectivity index (χ4v) is 3.03. The molecule has 2 rings (SSSR count). The smallest absolute Gasteiger partial charge is 0.288 e. The first-order valence-corrected chi connectivity index (χ1v) is 7.52. The molecule has 0 radical (unpaired) electrons. The molecule has 0 aliphatic heterocycles. The molecule has 1 amide bonds. The normalized spacial score (nSPS) is 10.2. The molecule has 0 unspecified atom stereocenters. The SMILES string of the molecule is CNc1ncc([N+](=O)[O-])cc1C(=O)NCc1cc(Br)cs1. The van der Waals surface area contributed by atoms with Gasteiger partial charge in [-0.15, -0.1) is 11.3 Å². The molecular formula is C12H11BrN4O3S. The molecular weight excluding hydrogens is 360 g/mol. The summed E-state index contributed by atoms with van der Waals surface area (Å²) in [5.74, 6) is -0.120. The summed E-state index contributed by atoms with van der Waals surface area (Å²) in [6.07, 6.45) is 1.11. The summed E-state index contributed by atoms with van der Waals surface area (Å²) < 4.78 is 0.949. The van der Waals surface area contributed by atoms with E-state index in [0.717, 1.165) is 15.5 Å². The molecule has 0 fully saturated rings. The van der Waals surface area contributed by atoms with Crippen LogP contribution in [-0.2, 0) is 6.54 Å². The second-order valence-corrected chi connectivity index (χ2v) is 5.92. The first-order chi connectivity index (χ1) is 10.0. The highest BCUT2D eigenvalue weighted by atomic mass is 79.9. The largest absolute Gasteiger partial charge is 0.372 e. The van der Waals surface area contributed by atoms with Crippen molar-refractivity contribution in [3.05, 3.63) is 48.7 Å². The molecule has 0 aromatic carbocycles. The number of nitrogens with one attached hydrogen (secondary N) is 2. The quantitative estimate of drug-likeness (QED) is 0.622. The third-order valence-corrected chi connectivity index (χ3v) is 4.31. The lowest BCUT2D eigenvalue weighted by atomic mass is 10.2. The molecule has 0 aliphatic rings. The number of hydrogen-bond acceptors (Lipinski definition) is 6. The van der Waals surface area contributed by atoms with E-state index in [1.807, 2.05) is 11.4 Å². The van der Waals surface area contributed by atoms with E-state index in [1.54, 1.807) is 7.05 Å². The molecule has 21 heavy (non-hydrogen) atoms. The maximum Gasteiger partial charge on any atom is 0.288 e. The molecule has 0 bridgehead atoms. The molecule has 2 aromatic heterocycles. The maximum atomic E-state index is 12.2. The summed E-state index contributed by atoms with van der Waals surface area (Å²) >= 11 is 4.84. The molecule has 2 aromatic rings. The number of thiophene rings is 1. The number of pyridine rings is 1. The number of amides is 1. The number of aromatic nitrogens is 1. The van der Waals surface area contributed by atoms with Crippen molar-refractivity contribution in [1.29, 1.82) is 0 Å². The second-order valence-electron chi connectivity index (χ2n) is 4.01. The van der Waals surface area contributed by atoms with Crippen molar-refractivity contribution >= 4 is 44.7 Å². The van der Waals surface area contributed by atoms with Crippen LogP contribution in [0.25, 0.3) is 0 Å². The van der Waals surface area contributed by atoms with E-state index in [0.29, 0.717) is 12.4 Å². The van der Waals surface area contributed by atoms with Gasteiger partial charge in [-0.2, -0.15) is 0 Å². The number of nitro groups is 1. The predicted octanol–water partition coefficient (Wildman–Crippen LogP) is 2.79. The Hall–Kier alpha value is -2.00. The highest BCUT2D eigenvalue weighted by molar-refractivity contribution is 9.10. The van der Waals surface area contributed by atoms with E-state index in [4.69, 9.17) is 0 Å². The first-order valence-electron chi connectivity index (χ1n) is 5.84. The number of carbonyl (C=O) groups excluding carboxylic acids is 1. The summed E-state index contributed by atoms with van der Waals surface area (Å²) in [6.45, 7) is 0.348. The van der Waals surface area contributed by atoms with Crippen LogP contribution in [0.4, 0.5) is 11.5 Å². The van der Waals surface area contributed by atoms with Gasteiger partial charge in [-0.05, 0) is 22.0 Å². The minimum atomic E-state index is -0.584. The number of halogens is 1. The van der Waals surface area contributed by atoms with Crippen LogP contribution in [0.5, 0.6) is 0 Å². The average Bonchev–Trinajstić information content (AvgIpc) is 2.89. The zero-order valence-corrected chi connectivity index (χ0v) is 13.3. The lowest BCUT2D eigenvalue weighted by Crippen LogP contribution is -2.23. The Labute approximate surface area is 132 Å². The molecule has 0 saturated heterocycles. The van der Waals surface area contributed by atoms with Crippen LogP contribution in [0.3, 0.4) is 0 Å². The van der Waals surface area contributed by atoms with Crippen LogP contribution in [0.2, 0.25) is 0 Å². The number of rotatable bonds is 5. The summed E-state index contributed by atoms with van der Waals surface area (Å²) in [4.78, 5) is 27.2. The van der Waals surface area contributed by atoms with E-state index in [-0.39, 0.29) is 11.3 Å². The van der Waals surface area contributed by atoms with E-state index in [1.165, 1.54) is 17.4 Å². The van der Waals surface area contributed by atoms with Gasteiger partial charge < -0.3 is 10.6 Å². The molecule has 2 heterocycles. The van der Waals surface area contributed by atoms with Crippen molar-refractivity contribution in [2.45, 2.75) is 6.54 Å². The van der Waals surface area contributed by atoms with Gasteiger partial charge >= 0.3 is 0 Å². The Morgan fingerprint density at radius 2 is 2.29 bits per heavy atom. The van der Waals surface area contributed by atoms with Gasteiger partial charge in [0.15, 0.2) is 0 Å². The van der Waals surface area contributed by atoms with Crippen LogP contribution in [0.15, 0.2) is 28.2 Å². The van der Waals surface area contributed by atoms with Gasteiger partial charge in [-0.3, -0.25) is 14.9 Å². The summed E-state index contributed by atoms with van der Waals surface area (Å²) in [6, 6.07) is 3.11. The Morgan fingerprint density at radius 1 is 1.52 bits per heavy atom. The summed E-state index contributed by atoms with van der Waals surface area (Å²) in [5.41, 5.74) is -0.0830. The molecule has 0 saturated carbocycles. The Bertz CT molecular complexity index is 689. The minimum absolute atomic E-state index is 0.141. The third kappa shape index (κ3) is 3.76. The second kappa shape index (κ2) is 6.64. The number of carbonyl (C=O) groups is 1. The van der Waals surface area contributed by atoms with Crippen molar-refractivity contribution in [1.82, 2.24) is 10.3 Å². The van der Waals surface area contributed by atoms with Gasteiger partial charge in [0, 0.05) is 27.8 Å². The molecule has 0 aliphatic carbocycles. The van der Waals surface area contributed by atoms with E-state index >= 15 is 0 Å². The van der Waals surface area contributed by atoms with Crippen LogP contribution < -0.4 is 10.6 Å². The minimum Gasteiger partial charge on any atom is -0.372 e. The molecule has 110 valence electrons. The van der Waals surface area contributed by atoms with E-state index in [2.05, 4.69) is 31.5 Å². The summed E-state index contributed by atoms with van der Waals surface area (Å²) in [5, 5.41) is 18.1. The van der Waals surface area contributed by atoms with Gasteiger partial charge in [0.25, 0.3) is 11.6 Å². The molecule has 2 N–H and O–H groups in total. The van der Waals surface area contributed by atoms with Crippen molar-refractivity contribution in [2.24, 2.45) is 0 Å². The zero-order chi connectivity index (χ0) is 15.4. The molecule has 9 heteroatoms. The Morgan fingerprint density at radius 3 is 2.86 bits per heavy atom. The maximum absolute atomic E-state index is 12.2. The van der Waals surface area contributed by atoms with E-state index in [9.17, 15) is 14.9 Å².